The molecule has 4 aromatic rings. The third-order valence-electron chi connectivity index (χ3n) is 5.25. The Hall–Kier alpha value is -4.59. The number of nitrogens with two attached hydrogens (primary N) is 2. The van der Waals surface area contributed by atoms with Gasteiger partial charge in [0.15, 0.2) is 11.7 Å². The molecule has 14 heteroatoms. The van der Waals surface area contributed by atoms with Crippen LogP contribution in [0.15, 0.2) is 72.0 Å². The molecule has 2 aromatic heterocycles. The van der Waals surface area contributed by atoms with Crippen LogP contribution in [-0.2, 0) is 12.4 Å². The van der Waals surface area contributed by atoms with Gasteiger partial charge in [0.2, 0.25) is 0 Å². The molecular weight excluding hydrogens is 519 g/mol. The van der Waals surface area contributed by atoms with Crippen LogP contribution in [0.25, 0.3) is 33.8 Å². The molecule has 0 saturated heterocycles. The number of hydrogen-bond donors (Lipinski definition) is 3. The van der Waals surface area contributed by atoms with Crippen LogP contribution < -0.4 is 17.1 Å². The van der Waals surface area contributed by atoms with Gasteiger partial charge < -0.3 is 5.73 Å². The van der Waals surface area contributed by atoms with E-state index in [0.29, 0.717) is 23.3 Å². The minimum Gasteiger partial charge on any atom is -0.382 e. The first-order chi connectivity index (χ1) is 17.9. The van der Waals surface area contributed by atoms with Crippen LogP contribution in [0.2, 0.25) is 0 Å². The maximum atomic E-state index is 14.2. The average Bonchev–Trinajstić information content (AvgIpc) is 2.88. The van der Waals surface area contributed by atoms with Gasteiger partial charge in [0, 0.05) is 17.3 Å². The van der Waals surface area contributed by atoms with Crippen molar-refractivity contribution in [2.24, 2.45) is 16.7 Å². The number of nitrogens with zero attached hydrogens (tertiary/aromatic N) is 4. The molecule has 0 amide bonds. The lowest BCUT2D eigenvalue weighted by molar-refractivity contribution is -0.141. The maximum Gasteiger partial charge on any atom is 0.433 e. The van der Waals surface area contributed by atoms with Crippen molar-refractivity contribution in [1.29, 1.82) is 0 Å². The fraction of sp³-hybridized carbons (Fsp3) is 0.0833. The fourth-order valence-electron chi connectivity index (χ4n) is 3.45. The van der Waals surface area contributed by atoms with Gasteiger partial charge in [-0.3, -0.25) is 4.98 Å². The number of benzene rings is 2. The zero-order chi connectivity index (χ0) is 27.7. The van der Waals surface area contributed by atoms with Crippen LogP contribution in [0.1, 0.15) is 17.0 Å². The summed E-state index contributed by atoms with van der Waals surface area (Å²) in [6.45, 7) is 0. The molecule has 0 fully saturated rings. The van der Waals surface area contributed by atoms with E-state index < -0.39 is 29.6 Å². The van der Waals surface area contributed by atoms with Gasteiger partial charge in [-0.15, -0.1) is 5.10 Å². The summed E-state index contributed by atoms with van der Waals surface area (Å²) < 4.78 is 93.7. The number of hydrogen-bond acceptors (Lipinski definition) is 6. The lowest BCUT2D eigenvalue weighted by Gasteiger charge is -2.12. The summed E-state index contributed by atoms with van der Waals surface area (Å²) in [4.78, 5) is 11.1. The first-order valence-corrected chi connectivity index (χ1v) is 10.6. The number of rotatable bonds is 5. The molecule has 0 radical (unpaired) electrons. The summed E-state index contributed by atoms with van der Waals surface area (Å²) in [5, 5.41) is 3.53. The van der Waals surface area contributed by atoms with Crippen LogP contribution in [0.3, 0.4) is 0 Å². The summed E-state index contributed by atoms with van der Waals surface area (Å²) in [5.74, 6) is 3.83. The van der Waals surface area contributed by atoms with Crippen molar-refractivity contribution in [3.05, 3.63) is 89.6 Å². The highest BCUT2D eigenvalue weighted by Gasteiger charge is 2.35. The van der Waals surface area contributed by atoms with E-state index in [4.69, 9.17) is 11.6 Å². The molecule has 0 saturated carbocycles. The predicted octanol–water partition coefficient (Wildman–Crippen LogP) is 5.13. The number of aromatic nitrogens is 3. The van der Waals surface area contributed by atoms with Gasteiger partial charge in [-0.25, -0.2) is 25.7 Å². The molecular formula is C24H16F7N7. The molecule has 5 N–H and O–H groups in total. The van der Waals surface area contributed by atoms with E-state index >= 15 is 0 Å². The summed E-state index contributed by atoms with van der Waals surface area (Å²) in [6, 6.07) is 12.2. The zero-order valence-electron chi connectivity index (χ0n) is 18.9. The third kappa shape index (κ3) is 5.70. The number of pyridine rings is 1. The number of hydrazine groups is 1. The Bertz CT molecular complexity index is 1500. The molecule has 196 valence electrons. The van der Waals surface area contributed by atoms with E-state index in [1.165, 1.54) is 30.3 Å². The van der Waals surface area contributed by atoms with Gasteiger partial charge in [0.25, 0.3) is 0 Å². The summed E-state index contributed by atoms with van der Waals surface area (Å²) >= 11 is 0. The van der Waals surface area contributed by atoms with Crippen LogP contribution in [0.5, 0.6) is 0 Å². The number of hydrazone groups is 1. The normalized spacial score (nSPS) is 12.5. The molecule has 0 unspecified atom stereocenters. The van der Waals surface area contributed by atoms with Crippen LogP contribution >= 0.6 is 0 Å². The van der Waals surface area contributed by atoms with Crippen molar-refractivity contribution >= 4 is 5.84 Å². The Morgan fingerprint density at radius 2 is 1.42 bits per heavy atom. The molecule has 0 aliphatic heterocycles. The Balaban J connectivity index is 1.81. The van der Waals surface area contributed by atoms with Crippen molar-refractivity contribution in [2.75, 3.05) is 0 Å². The number of nitrogens with one attached hydrogen (secondary N) is 1. The van der Waals surface area contributed by atoms with E-state index in [9.17, 15) is 30.7 Å². The average molecular weight is 535 g/mol. The van der Waals surface area contributed by atoms with E-state index in [-0.39, 0.29) is 34.0 Å². The highest BCUT2D eigenvalue weighted by atomic mass is 19.4. The van der Waals surface area contributed by atoms with Crippen molar-refractivity contribution < 1.29 is 30.7 Å². The van der Waals surface area contributed by atoms with Crippen molar-refractivity contribution in [2.45, 2.75) is 12.4 Å². The predicted molar refractivity (Wildman–Crippen MR) is 124 cm³/mol. The standard InChI is InChI=1S/C24H16F7N7/c25-17-6-4-13(9-16(17)21(32)37-38-33)12-2-1-3-14(8-12)22-35-18(10-20(36-22)24(29,30)31)15-5-7-19(34-11-15)23(26,27)28/h1-11,38H,33H2,(H2,32,37). The van der Waals surface area contributed by atoms with Crippen molar-refractivity contribution in [3.8, 4) is 33.8 Å². The van der Waals surface area contributed by atoms with Gasteiger partial charge in [-0.2, -0.15) is 26.3 Å². The number of amidine groups is 1. The van der Waals surface area contributed by atoms with Gasteiger partial charge in [0.05, 0.1) is 11.3 Å². The van der Waals surface area contributed by atoms with Crippen LogP contribution in [0.4, 0.5) is 30.7 Å². The SMILES string of the molecule is NN/N=C(\N)c1cc(-c2cccc(-c3nc(-c4ccc(C(F)(F)F)nc4)cc(C(F)(F)F)n3)c2)ccc1F. The van der Waals surface area contributed by atoms with E-state index in [1.807, 2.05) is 5.53 Å². The third-order valence-corrected chi connectivity index (χ3v) is 5.25. The second kappa shape index (κ2) is 10.0. The molecule has 2 aromatic carbocycles. The minimum absolute atomic E-state index is 0.0711. The molecule has 4 rings (SSSR count). The smallest absolute Gasteiger partial charge is 0.382 e. The maximum absolute atomic E-state index is 14.2. The Kier molecular flexibility index (Phi) is 7.00. The molecule has 38 heavy (non-hydrogen) atoms. The lowest BCUT2D eigenvalue weighted by Crippen LogP contribution is -2.23. The molecule has 2 heterocycles. The first-order valence-electron chi connectivity index (χ1n) is 10.6. The number of halogens is 7. The molecule has 0 aliphatic rings. The Labute approximate surface area is 210 Å². The second-order valence-corrected chi connectivity index (χ2v) is 7.79. The molecule has 0 bridgehead atoms. The zero-order valence-corrected chi connectivity index (χ0v) is 18.9. The van der Waals surface area contributed by atoms with E-state index in [2.05, 4.69) is 20.1 Å². The van der Waals surface area contributed by atoms with Gasteiger partial charge >= 0.3 is 12.4 Å². The highest BCUT2D eigenvalue weighted by Crippen LogP contribution is 2.34. The van der Waals surface area contributed by atoms with Gasteiger partial charge in [-0.05, 0) is 47.5 Å². The van der Waals surface area contributed by atoms with Crippen LogP contribution in [0, 0.1) is 5.82 Å². The minimum atomic E-state index is -4.87. The molecule has 0 aliphatic carbocycles. The fourth-order valence-corrected chi connectivity index (χ4v) is 3.45. The van der Waals surface area contributed by atoms with E-state index in [1.54, 1.807) is 6.07 Å². The van der Waals surface area contributed by atoms with Gasteiger partial charge in [-0.1, -0.05) is 24.3 Å². The summed E-state index contributed by atoms with van der Waals surface area (Å²) in [6.07, 6.45) is -8.80. The summed E-state index contributed by atoms with van der Waals surface area (Å²) in [5.41, 5.74) is 5.79. The van der Waals surface area contributed by atoms with Crippen molar-refractivity contribution in [3.63, 3.8) is 0 Å². The Morgan fingerprint density at radius 3 is 2.05 bits per heavy atom. The van der Waals surface area contributed by atoms with Crippen molar-refractivity contribution in [1.82, 2.24) is 20.5 Å². The first kappa shape index (κ1) is 26.5. The van der Waals surface area contributed by atoms with E-state index in [0.717, 1.165) is 18.3 Å². The summed E-state index contributed by atoms with van der Waals surface area (Å²) in [7, 11) is 0. The monoisotopic (exact) mass is 535 g/mol. The highest BCUT2D eigenvalue weighted by molar-refractivity contribution is 5.98. The van der Waals surface area contributed by atoms with Gasteiger partial charge in [0.1, 0.15) is 17.2 Å². The Morgan fingerprint density at radius 1 is 0.763 bits per heavy atom. The molecule has 0 atom stereocenters. The largest absolute Gasteiger partial charge is 0.433 e. The number of alkyl halides is 6. The molecule has 7 nitrogen and oxygen atoms in total. The van der Waals surface area contributed by atoms with Crippen LogP contribution in [-0.4, -0.2) is 20.8 Å². The quantitative estimate of drug-likeness (QED) is 0.107. The molecule has 0 spiro atoms. The topological polar surface area (TPSA) is 115 Å². The lowest BCUT2D eigenvalue weighted by atomic mass is 10.00. The second-order valence-electron chi connectivity index (χ2n) is 7.79.